The van der Waals surface area contributed by atoms with Crippen LogP contribution in [0.4, 0.5) is 11.4 Å². The summed E-state index contributed by atoms with van der Waals surface area (Å²) in [5.74, 6) is 2.56. The Labute approximate surface area is 125 Å². The largest absolute Gasteiger partial charge is 0.381 e. The summed E-state index contributed by atoms with van der Waals surface area (Å²) in [6.07, 6.45) is 5.34. The second-order valence-corrected chi connectivity index (χ2v) is 4.98. The van der Waals surface area contributed by atoms with Gasteiger partial charge in [-0.25, -0.2) is 0 Å². The number of hydrogen-bond acceptors (Lipinski definition) is 3. The van der Waals surface area contributed by atoms with E-state index in [4.69, 9.17) is 6.42 Å². The molecule has 20 heavy (non-hydrogen) atoms. The van der Waals surface area contributed by atoms with Crippen molar-refractivity contribution < 1.29 is 4.92 Å². The second kappa shape index (κ2) is 6.22. The lowest BCUT2D eigenvalue weighted by molar-refractivity contribution is -0.385. The molecule has 0 fully saturated rings. The number of anilines is 1. The Bertz CT molecular complexity index is 693. The second-order valence-electron chi connectivity index (χ2n) is 4.12. The first kappa shape index (κ1) is 14.1. The number of nitrogens with one attached hydrogen (secondary N) is 1. The zero-order valence-electron chi connectivity index (χ0n) is 10.5. The van der Waals surface area contributed by atoms with Crippen LogP contribution in [0.15, 0.2) is 46.9 Å². The van der Waals surface area contributed by atoms with Crippen molar-refractivity contribution in [2.75, 3.05) is 5.32 Å². The fourth-order valence-corrected chi connectivity index (χ4v) is 2.12. The van der Waals surface area contributed by atoms with E-state index in [2.05, 4.69) is 27.2 Å². The van der Waals surface area contributed by atoms with E-state index < -0.39 is 4.92 Å². The van der Waals surface area contributed by atoms with Crippen molar-refractivity contribution in [2.45, 2.75) is 6.54 Å². The normalized spacial score (nSPS) is 9.80. The van der Waals surface area contributed by atoms with Crippen LogP contribution in [0.1, 0.15) is 11.1 Å². The Kier molecular flexibility index (Phi) is 4.38. The molecule has 0 amide bonds. The van der Waals surface area contributed by atoms with Gasteiger partial charge in [-0.05, 0) is 45.8 Å². The standard InChI is InChI=1S/C15H11BrN2O2/c1-2-11-4-3-5-13(8-11)17-10-12-6-7-14(16)15(9-12)18(19)20/h1,3-9,17H,10H2. The third-order valence-corrected chi connectivity index (χ3v) is 3.40. The molecule has 0 saturated carbocycles. The first-order valence-electron chi connectivity index (χ1n) is 5.83. The van der Waals surface area contributed by atoms with Gasteiger partial charge in [-0.2, -0.15) is 0 Å². The van der Waals surface area contributed by atoms with E-state index in [0.717, 1.165) is 16.8 Å². The maximum Gasteiger partial charge on any atom is 0.283 e. The summed E-state index contributed by atoms with van der Waals surface area (Å²) in [7, 11) is 0. The van der Waals surface area contributed by atoms with Gasteiger partial charge in [0.25, 0.3) is 5.69 Å². The number of rotatable bonds is 4. The van der Waals surface area contributed by atoms with Gasteiger partial charge in [-0.1, -0.05) is 18.1 Å². The highest BCUT2D eigenvalue weighted by Crippen LogP contribution is 2.26. The molecule has 0 aliphatic heterocycles. The van der Waals surface area contributed by atoms with Gasteiger partial charge in [0.1, 0.15) is 0 Å². The molecule has 0 atom stereocenters. The van der Waals surface area contributed by atoms with Crippen molar-refractivity contribution in [3.63, 3.8) is 0 Å². The zero-order chi connectivity index (χ0) is 14.5. The van der Waals surface area contributed by atoms with Crippen molar-refractivity contribution in [1.82, 2.24) is 0 Å². The van der Waals surface area contributed by atoms with E-state index in [1.807, 2.05) is 30.3 Å². The Morgan fingerprint density at radius 1 is 1.30 bits per heavy atom. The Morgan fingerprint density at radius 2 is 2.10 bits per heavy atom. The first-order valence-corrected chi connectivity index (χ1v) is 6.63. The van der Waals surface area contributed by atoms with Crippen LogP contribution in [0.5, 0.6) is 0 Å². The van der Waals surface area contributed by atoms with Crippen LogP contribution in [0.25, 0.3) is 0 Å². The molecular weight excluding hydrogens is 320 g/mol. The molecule has 4 nitrogen and oxygen atoms in total. The van der Waals surface area contributed by atoms with Gasteiger partial charge < -0.3 is 5.32 Å². The predicted octanol–water partition coefficient (Wildman–Crippen LogP) is 3.95. The van der Waals surface area contributed by atoms with Crippen LogP contribution >= 0.6 is 15.9 Å². The third kappa shape index (κ3) is 3.37. The van der Waals surface area contributed by atoms with Crippen LogP contribution in [0.3, 0.4) is 0 Å². The van der Waals surface area contributed by atoms with Crippen molar-refractivity contribution in [1.29, 1.82) is 0 Å². The molecular formula is C15H11BrN2O2. The average molecular weight is 331 g/mol. The predicted molar refractivity (Wildman–Crippen MR) is 82.5 cm³/mol. The fraction of sp³-hybridized carbons (Fsp3) is 0.0667. The number of nitrogens with zero attached hydrogens (tertiary/aromatic N) is 1. The molecule has 0 heterocycles. The topological polar surface area (TPSA) is 55.2 Å². The van der Waals surface area contributed by atoms with Gasteiger partial charge in [-0.15, -0.1) is 6.42 Å². The summed E-state index contributed by atoms with van der Waals surface area (Å²) in [4.78, 5) is 10.5. The quantitative estimate of drug-likeness (QED) is 0.524. The van der Waals surface area contributed by atoms with E-state index in [1.54, 1.807) is 12.1 Å². The van der Waals surface area contributed by atoms with Crippen molar-refractivity contribution in [3.05, 3.63) is 68.2 Å². The average Bonchev–Trinajstić information content (AvgIpc) is 2.46. The molecule has 0 saturated heterocycles. The van der Waals surface area contributed by atoms with Gasteiger partial charge >= 0.3 is 0 Å². The molecule has 0 radical (unpaired) electrons. The molecule has 100 valence electrons. The lowest BCUT2D eigenvalue weighted by atomic mass is 10.2. The van der Waals surface area contributed by atoms with Crippen LogP contribution in [-0.2, 0) is 6.54 Å². The summed E-state index contributed by atoms with van der Waals surface area (Å²) in [6.45, 7) is 0.488. The minimum atomic E-state index is -0.410. The molecule has 5 heteroatoms. The minimum absolute atomic E-state index is 0.0571. The van der Waals surface area contributed by atoms with Gasteiger partial charge in [0, 0.05) is 23.9 Å². The van der Waals surface area contributed by atoms with Gasteiger partial charge in [0.05, 0.1) is 9.40 Å². The van der Waals surface area contributed by atoms with E-state index in [9.17, 15) is 10.1 Å². The van der Waals surface area contributed by atoms with Crippen molar-refractivity contribution in [3.8, 4) is 12.3 Å². The van der Waals surface area contributed by atoms with Crippen LogP contribution in [-0.4, -0.2) is 4.92 Å². The lowest BCUT2D eigenvalue weighted by Crippen LogP contribution is -2.00. The van der Waals surface area contributed by atoms with Crippen molar-refractivity contribution >= 4 is 27.3 Å². The molecule has 2 aromatic rings. The van der Waals surface area contributed by atoms with E-state index in [0.29, 0.717) is 11.0 Å². The Balaban J connectivity index is 2.13. The van der Waals surface area contributed by atoms with Crippen molar-refractivity contribution in [2.24, 2.45) is 0 Å². The highest BCUT2D eigenvalue weighted by atomic mass is 79.9. The number of halogens is 1. The third-order valence-electron chi connectivity index (χ3n) is 2.73. The summed E-state index contributed by atoms with van der Waals surface area (Å²) in [5, 5.41) is 14.1. The molecule has 2 rings (SSSR count). The lowest BCUT2D eigenvalue weighted by Gasteiger charge is -2.07. The van der Waals surface area contributed by atoms with E-state index in [-0.39, 0.29) is 5.69 Å². The molecule has 0 aromatic heterocycles. The molecule has 0 bridgehead atoms. The Hall–Kier alpha value is -2.32. The van der Waals surface area contributed by atoms with Gasteiger partial charge in [0.2, 0.25) is 0 Å². The smallest absolute Gasteiger partial charge is 0.283 e. The number of benzene rings is 2. The highest BCUT2D eigenvalue weighted by molar-refractivity contribution is 9.10. The number of hydrogen-bond donors (Lipinski definition) is 1. The van der Waals surface area contributed by atoms with Crippen LogP contribution in [0.2, 0.25) is 0 Å². The zero-order valence-corrected chi connectivity index (χ0v) is 12.1. The van der Waals surface area contributed by atoms with E-state index >= 15 is 0 Å². The molecule has 0 aliphatic rings. The molecule has 0 aliphatic carbocycles. The summed E-state index contributed by atoms with van der Waals surface area (Å²) >= 11 is 3.16. The molecule has 0 unspecified atom stereocenters. The highest BCUT2D eigenvalue weighted by Gasteiger charge is 2.11. The molecule has 2 aromatic carbocycles. The summed E-state index contributed by atoms with van der Waals surface area (Å²) in [6, 6.07) is 12.5. The number of nitro groups is 1. The maximum atomic E-state index is 10.9. The summed E-state index contributed by atoms with van der Waals surface area (Å²) in [5.41, 5.74) is 2.55. The fourth-order valence-electron chi connectivity index (χ4n) is 1.73. The first-order chi connectivity index (χ1) is 9.60. The molecule has 1 N–H and O–H groups in total. The minimum Gasteiger partial charge on any atom is -0.381 e. The maximum absolute atomic E-state index is 10.9. The summed E-state index contributed by atoms with van der Waals surface area (Å²) < 4.78 is 0.473. The van der Waals surface area contributed by atoms with Gasteiger partial charge in [0.15, 0.2) is 0 Å². The Morgan fingerprint density at radius 3 is 2.80 bits per heavy atom. The molecule has 0 spiro atoms. The van der Waals surface area contributed by atoms with E-state index in [1.165, 1.54) is 0 Å². The number of nitro benzene ring substituents is 1. The van der Waals surface area contributed by atoms with Crippen LogP contribution < -0.4 is 5.32 Å². The monoisotopic (exact) mass is 330 g/mol. The van der Waals surface area contributed by atoms with Gasteiger partial charge in [-0.3, -0.25) is 10.1 Å². The van der Waals surface area contributed by atoms with Crippen LogP contribution in [0, 0.1) is 22.5 Å². The SMILES string of the molecule is C#Cc1cccc(NCc2ccc(Br)c([N+](=O)[O-])c2)c1. The number of terminal acetylenes is 1.